The van der Waals surface area contributed by atoms with Crippen molar-refractivity contribution in [2.45, 2.75) is 45.4 Å². The summed E-state index contributed by atoms with van der Waals surface area (Å²) in [5.41, 5.74) is 0. The molecule has 0 bridgehead atoms. The van der Waals surface area contributed by atoms with Gasteiger partial charge in [-0.05, 0) is 31.1 Å². The predicted octanol–water partition coefficient (Wildman–Crippen LogP) is 0.416. The summed E-state index contributed by atoms with van der Waals surface area (Å²) in [6.07, 6.45) is -0.407. The van der Waals surface area contributed by atoms with Gasteiger partial charge in [0.05, 0.1) is 6.10 Å². The lowest BCUT2D eigenvalue weighted by atomic mass is 9.77. The molecule has 0 saturated heterocycles. The minimum Gasteiger partial charge on any atom is -0.319 e. The summed E-state index contributed by atoms with van der Waals surface area (Å²) < 4.78 is 4.55. The summed E-state index contributed by atoms with van der Waals surface area (Å²) >= 11 is 0. The van der Waals surface area contributed by atoms with E-state index in [1.807, 2.05) is 0 Å². The van der Waals surface area contributed by atoms with Gasteiger partial charge in [0.25, 0.3) is 0 Å². The van der Waals surface area contributed by atoms with Gasteiger partial charge in [-0.2, -0.15) is 0 Å². The first kappa shape index (κ1) is 10.9. The zero-order chi connectivity index (χ0) is 10.1. The molecule has 0 aromatic rings. The van der Waals surface area contributed by atoms with Crippen LogP contribution in [0.2, 0.25) is 0 Å². The van der Waals surface area contributed by atoms with Crippen LogP contribution in [0.3, 0.4) is 0 Å². The van der Waals surface area contributed by atoms with Crippen LogP contribution in [0.15, 0.2) is 0 Å². The largest absolute Gasteiger partial charge is 0.405 e. The van der Waals surface area contributed by atoms with Gasteiger partial charge < -0.3 is 20.1 Å². The van der Waals surface area contributed by atoms with Crippen molar-refractivity contribution in [2.24, 2.45) is 11.8 Å². The number of hydrogen-bond acceptors (Lipinski definition) is 4. The predicted molar refractivity (Wildman–Crippen MR) is 46.4 cm³/mol. The van der Waals surface area contributed by atoms with E-state index < -0.39 is 6.16 Å². The third-order valence-corrected chi connectivity index (χ3v) is 2.32. The van der Waals surface area contributed by atoms with Crippen LogP contribution in [-0.4, -0.2) is 27.6 Å². The highest BCUT2D eigenvalue weighted by Gasteiger charge is 2.35. The molecule has 0 spiro atoms. The van der Waals surface area contributed by atoms with Crippen LogP contribution in [0.4, 0.5) is 0 Å². The molecule has 0 aromatic heterocycles. The van der Waals surface area contributed by atoms with E-state index in [2.05, 4.69) is 18.6 Å². The molecule has 78 valence electrons. The molecule has 1 aliphatic rings. The molecular weight excluding hydrogens is 172 g/mol. The zero-order valence-corrected chi connectivity index (χ0v) is 8.10. The molecule has 1 saturated carbocycles. The van der Waals surface area contributed by atoms with Crippen molar-refractivity contribution in [1.29, 1.82) is 0 Å². The Kier molecular flexibility index (Phi) is 3.29. The van der Waals surface area contributed by atoms with Crippen LogP contribution in [0, 0.1) is 11.8 Å². The van der Waals surface area contributed by atoms with E-state index in [9.17, 15) is 0 Å². The molecular formula is C9H18O4. The fourth-order valence-electron chi connectivity index (χ4n) is 1.85. The lowest BCUT2D eigenvalue weighted by Gasteiger charge is -2.37. The molecule has 0 radical (unpaired) electrons. The minimum atomic E-state index is -2.95. The van der Waals surface area contributed by atoms with Crippen LogP contribution in [-0.2, 0) is 4.74 Å². The van der Waals surface area contributed by atoms with Gasteiger partial charge in [-0.1, -0.05) is 13.8 Å². The van der Waals surface area contributed by atoms with Gasteiger partial charge in [0.1, 0.15) is 0 Å². The van der Waals surface area contributed by atoms with E-state index in [0.717, 1.165) is 19.3 Å². The number of ether oxygens (including phenoxy) is 1. The second kappa shape index (κ2) is 3.92. The van der Waals surface area contributed by atoms with Crippen molar-refractivity contribution in [3.8, 4) is 0 Å². The van der Waals surface area contributed by atoms with Crippen molar-refractivity contribution in [3.05, 3.63) is 0 Å². The number of hydrogen-bond donors (Lipinski definition) is 3. The smallest absolute Gasteiger partial charge is 0.319 e. The first-order valence-electron chi connectivity index (χ1n) is 4.71. The number of rotatable bonds is 4. The molecule has 0 aromatic carbocycles. The first-order valence-corrected chi connectivity index (χ1v) is 4.71. The van der Waals surface area contributed by atoms with E-state index in [1.165, 1.54) is 0 Å². The van der Waals surface area contributed by atoms with Gasteiger partial charge in [-0.15, -0.1) is 0 Å². The second-order valence-electron chi connectivity index (χ2n) is 4.28. The van der Waals surface area contributed by atoms with Gasteiger partial charge in [-0.25, -0.2) is 0 Å². The third kappa shape index (κ3) is 4.04. The SMILES string of the molecule is CC(C)CC1CC(OC(O)(O)O)C1. The molecule has 1 aliphatic carbocycles. The van der Waals surface area contributed by atoms with Crippen LogP contribution < -0.4 is 0 Å². The Morgan fingerprint density at radius 1 is 1.31 bits per heavy atom. The van der Waals surface area contributed by atoms with Crippen molar-refractivity contribution >= 4 is 0 Å². The highest BCUT2D eigenvalue weighted by Crippen LogP contribution is 2.35. The van der Waals surface area contributed by atoms with Gasteiger partial charge in [0.2, 0.25) is 0 Å². The van der Waals surface area contributed by atoms with E-state index >= 15 is 0 Å². The summed E-state index contributed by atoms with van der Waals surface area (Å²) in [7, 11) is 0. The van der Waals surface area contributed by atoms with Crippen LogP contribution in [0.5, 0.6) is 0 Å². The highest BCUT2D eigenvalue weighted by molar-refractivity contribution is 4.80. The summed E-state index contributed by atoms with van der Waals surface area (Å²) in [4.78, 5) is 0. The van der Waals surface area contributed by atoms with Gasteiger partial charge in [0, 0.05) is 0 Å². The Balaban J connectivity index is 2.12. The molecule has 1 rings (SSSR count). The average Bonchev–Trinajstić information content (AvgIpc) is 1.78. The van der Waals surface area contributed by atoms with E-state index in [1.54, 1.807) is 0 Å². The van der Waals surface area contributed by atoms with Crippen molar-refractivity contribution in [1.82, 2.24) is 0 Å². The molecule has 3 N–H and O–H groups in total. The molecule has 0 unspecified atom stereocenters. The molecule has 0 heterocycles. The second-order valence-corrected chi connectivity index (χ2v) is 4.28. The Morgan fingerprint density at radius 2 is 1.85 bits per heavy atom. The third-order valence-electron chi connectivity index (χ3n) is 2.32. The molecule has 4 nitrogen and oxygen atoms in total. The molecule has 1 fully saturated rings. The van der Waals surface area contributed by atoms with E-state index in [4.69, 9.17) is 15.3 Å². The Morgan fingerprint density at radius 3 is 2.23 bits per heavy atom. The summed E-state index contributed by atoms with van der Waals surface area (Å²) in [5, 5.41) is 25.5. The standard InChI is InChI=1S/C9H18O4/c1-6(2)3-7-4-8(5-7)13-9(10,11)12/h6-8,10-12H,3-5H2,1-2H3. The maximum Gasteiger partial charge on any atom is 0.405 e. The molecule has 13 heavy (non-hydrogen) atoms. The maximum absolute atomic E-state index is 8.51. The van der Waals surface area contributed by atoms with E-state index in [-0.39, 0.29) is 6.10 Å². The monoisotopic (exact) mass is 190 g/mol. The molecule has 0 amide bonds. The average molecular weight is 190 g/mol. The van der Waals surface area contributed by atoms with Crippen molar-refractivity contribution in [3.63, 3.8) is 0 Å². The Bertz CT molecular complexity index is 155. The van der Waals surface area contributed by atoms with Gasteiger partial charge in [-0.3, -0.25) is 0 Å². The quantitative estimate of drug-likeness (QED) is 0.562. The molecule has 0 atom stereocenters. The lowest BCUT2D eigenvalue weighted by molar-refractivity contribution is -0.471. The Hall–Kier alpha value is -0.160. The maximum atomic E-state index is 8.51. The van der Waals surface area contributed by atoms with Gasteiger partial charge in [0.15, 0.2) is 0 Å². The van der Waals surface area contributed by atoms with Crippen LogP contribution in [0.1, 0.15) is 33.1 Å². The van der Waals surface area contributed by atoms with Crippen molar-refractivity contribution < 1.29 is 20.1 Å². The van der Waals surface area contributed by atoms with Crippen molar-refractivity contribution in [2.75, 3.05) is 0 Å². The molecule has 4 heteroatoms. The van der Waals surface area contributed by atoms with E-state index in [0.29, 0.717) is 11.8 Å². The minimum absolute atomic E-state index is 0.205. The number of aliphatic hydroxyl groups is 3. The summed E-state index contributed by atoms with van der Waals surface area (Å²) in [6, 6.07) is 0. The van der Waals surface area contributed by atoms with Crippen LogP contribution >= 0.6 is 0 Å². The summed E-state index contributed by atoms with van der Waals surface area (Å²) in [6.45, 7) is 4.31. The fourth-order valence-corrected chi connectivity index (χ4v) is 1.85. The Labute approximate surface area is 78.1 Å². The molecule has 0 aliphatic heterocycles. The fraction of sp³-hybridized carbons (Fsp3) is 1.00. The normalized spacial score (nSPS) is 29.1. The van der Waals surface area contributed by atoms with Crippen LogP contribution in [0.25, 0.3) is 0 Å². The zero-order valence-electron chi connectivity index (χ0n) is 8.10. The van der Waals surface area contributed by atoms with Gasteiger partial charge >= 0.3 is 6.16 Å². The first-order chi connectivity index (χ1) is 5.87. The topological polar surface area (TPSA) is 69.9 Å². The highest BCUT2D eigenvalue weighted by atomic mass is 16.9. The lowest BCUT2D eigenvalue weighted by Crippen LogP contribution is -2.42. The summed E-state index contributed by atoms with van der Waals surface area (Å²) in [5.74, 6) is 1.26.